The van der Waals surface area contributed by atoms with Gasteiger partial charge in [-0.25, -0.2) is 0 Å². The molecule has 3 heteroatoms. The van der Waals surface area contributed by atoms with Gasteiger partial charge in [-0.15, -0.1) is 0 Å². The SMILES string of the molecule is CCc1ccc(CC(=O)NCc2ccccc2OC)cc1. The van der Waals surface area contributed by atoms with E-state index in [0.29, 0.717) is 13.0 Å². The molecule has 0 aliphatic heterocycles. The lowest BCUT2D eigenvalue weighted by molar-refractivity contribution is -0.120. The van der Waals surface area contributed by atoms with Crippen LogP contribution in [-0.4, -0.2) is 13.0 Å². The summed E-state index contributed by atoms with van der Waals surface area (Å²) in [4.78, 5) is 12.0. The Morgan fingerprint density at radius 3 is 2.38 bits per heavy atom. The molecule has 2 aromatic carbocycles. The van der Waals surface area contributed by atoms with Crippen molar-refractivity contribution in [2.45, 2.75) is 26.3 Å². The summed E-state index contributed by atoms with van der Waals surface area (Å²) in [5, 5.41) is 2.93. The van der Waals surface area contributed by atoms with Gasteiger partial charge in [0.15, 0.2) is 0 Å². The maximum atomic E-state index is 12.0. The van der Waals surface area contributed by atoms with Gasteiger partial charge in [-0.05, 0) is 23.6 Å². The number of aryl methyl sites for hydroxylation is 1. The van der Waals surface area contributed by atoms with Crippen molar-refractivity contribution in [3.05, 3.63) is 65.2 Å². The molecule has 0 fully saturated rings. The highest BCUT2D eigenvalue weighted by molar-refractivity contribution is 5.78. The summed E-state index contributed by atoms with van der Waals surface area (Å²) >= 11 is 0. The standard InChI is InChI=1S/C18H21NO2/c1-3-14-8-10-15(11-9-14)12-18(20)19-13-16-6-4-5-7-17(16)21-2/h4-11H,3,12-13H2,1-2H3,(H,19,20). The van der Waals surface area contributed by atoms with E-state index in [2.05, 4.69) is 24.4 Å². The fourth-order valence-corrected chi connectivity index (χ4v) is 2.18. The Kier molecular flexibility index (Phi) is 5.38. The van der Waals surface area contributed by atoms with Crippen LogP contribution in [0.15, 0.2) is 48.5 Å². The van der Waals surface area contributed by atoms with Gasteiger partial charge in [0.05, 0.1) is 13.5 Å². The minimum absolute atomic E-state index is 0.0187. The number of amides is 1. The fourth-order valence-electron chi connectivity index (χ4n) is 2.18. The van der Waals surface area contributed by atoms with Crippen molar-refractivity contribution in [1.29, 1.82) is 0 Å². The van der Waals surface area contributed by atoms with Crippen LogP contribution in [0.1, 0.15) is 23.6 Å². The van der Waals surface area contributed by atoms with Gasteiger partial charge in [0.2, 0.25) is 5.91 Å². The van der Waals surface area contributed by atoms with E-state index in [4.69, 9.17) is 4.74 Å². The maximum Gasteiger partial charge on any atom is 0.224 e. The van der Waals surface area contributed by atoms with Crippen molar-refractivity contribution in [3.63, 3.8) is 0 Å². The van der Waals surface area contributed by atoms with Crippen molar-refractivity contribution >= 4 is 5.91 Å². The molecule has 0 aliphatic carbocycles. The van der Waals surface area contributed by atoms with E-state index in [1.54, 1.807) is 7.11 Å². The van der Waals surface area contributed by atoms with E-state index in [0.717, 1.165) is 23.3 Å². The number of hydrogen-bond acceptors (Lipinski definition) is 2. The van der Waals surface area contributed by atoms with E-state index >= 15 is 0 Å². The van der Waals surface area contributed by atoms with Gasteiger partial charge in [0, 0.05) is 12.1 Å². The third-order valence-corrected chi connectivity index (χ3v) is 3.46. The monoisotopic (exact) mass is 283 g/mol. The van der Waals surface area contributed by atoms with Gasteiger partial charge >= 0.3 is 0 Å². The largest absolute Gasteiger partial charge is 0.496 e. The molecule has 0 aromatic heterocycles. The van der Waals surface area contributed by atoms with E-state index in [1.165, 1.54) is 5.56 Å². The summed E-state index contributed by atoms with van der Waals surface area (Å²) in [7, 11) is 1.63. The molecule has 2 rings (SSSR count). The predicted molar refractivity (Wildman–Crippen MR) is 84.4 cm³/mol. The number of ether oxygens (including phenoxy) is 1. The molecule has 0 heterocycles. The highest BCUT2D eigenvalue weighted by Gasteiger charge is 2.06. The smallest absolute Gasteiger partial charge is 0.224 e. The lowest BCUT2D eigenvalue weighted by atomic mass is 10.1. The van der Waals surface area contributed by atoms with Crippen LogP contribution in [0.2, 0.25) is 0 Å². The van der Waals surface area contributed by atoms with Gasteiger partial charge in [0.1, 0.15) is 5.75 Å². The molecule has 0 spiro atoms. The molecule has 110 valence electrons. The molecule has 1 N–H and O–H groups in total. The molecule has 0 saturated heterocycles. The average Bonchev–Trinajstić information content (AvgIpc) is 2.54. The van der Waals surface area contributed by atoms with Gasteiger partial charge in [-0.3, -0.25) is 4.79 Å². The predicted octanol–water partition coefficient (Wildman–Crippen LogP) is 3.12. The van der Waals surface area contributed by atoms with Crippen LogP contribution >= 0.6 is 0 Å². The topological polar surface area (TPSA) is 38.3 Å². The van der Waals surface area contributed by atoms with Crippen LogP contribution < -0.4 is 10.1 Å². The molecule has 0 bridgehead atoms. The van der Waals surface area contributed by atoms with Crippen molar-refractivity contribution in [3.8, 4) is 5.75 Å². The summed E-state index contributed by atoms with van der Waals surface area (Å²) < 4.78 is 5.27. The van der Waals surface area contributed by atoms with Crippen LogP contribution in [-0.2, 0) is 24.2 Å². The summed E-state index contributed by atoms with van der Waals surface area (Å²) in [5.41, 5.74) is 3.30. The molecule has 0 atom stereocenters. The Balaban J connectivity index is 1.89. The number of para-hydroxylation sites is 1. The number of hydrogen-bond donors (Lipinski definition) is 1. The minimum Gasteiger partial charge on any atom is -0.496 e. The van der Waals surface area contributed by atoms with E-state index < -0.39 is 0 Å². The van der Waals surface area contributed by atoms with Gasteiger partial charge in [-0.1, -0.05) is 49.4 Å². The second-order valence-corrected chi connectivity index (χ2v) is 4.94. The van der Waals surface area contributed by atoms with Crippen molar-refractivity contribution in [2.24, 2.45) is 0 Å². The highest BCUT2D eigenvalue weighted by atomic mass is 16.5. The first-order valence-electron chi connectivity index (χ1n) is 7.19. The molecule has 2 aromatic rings. The Hall–Kier alpha value is -2.29. The second kappa shape index (κ2) is 7.48. The zero-order valence-electron chi connectivity index (χ0n) is 12.6. The van der Waals surface area contributed by atoms with Crippen LogP contribution in [0.4, 0.5) is 0 Å². The van der Waals surface area contributed by atoms with Crippen molar-refractivity contribution in [1.82, 2.24) is 5.32 Å². The van der Waals surface area contributed by atoms with E-state index in [-0.39, 0.29) is 5.91 Å². The zero-order chi connectivity index (χ0) is 15.1. The van der Waals surface area contributed by atoms with Crippen LogP contribution in [0.25, 0.3) is 0 Å². The lowest BCUT2D eigenvalue weighted by Crippen LogP contribution is -2.24. The first-order valence-corrected chi connectivity index (χ1v) is 7.19. The van der Waals surface area contributed by atoms with Crippen LogP contribution in [0.5, 0.6) is 5.75 Å². The number of rotatable bonds is 6. The van der Waals surface area contributed by atoms with E-state index in [1.807, 2.05) is 36.4 Å². The summed E-state index contributed by atoms with van der Waals surface area (Å²) in [6.45, 7) is 2.60. The van der Waals surface area contributed by atoms with Gasteiger partial charge in [-0.2, -0.15) is 0 Å². The first kappa shape index (κ1) is 15.1. The maximum absolute atomic E-state index is 12.0. The molecule has 0 radical (unpaired) electrons. The van der Waals surface area contributed by atoms with E-state index in [9.17, 15) is 4.79 Å². The molecule has 0 aliphatic rings. The Morgan fingerprint density at radius 2 is 1.71 bits per heavy atom. The third-order valence-electron chi connectivity index (χ3n) is 3.46. The van der Waals surface area contributed by atoms with Gasteiger partial charge < -0.3 is 10.1 Å². The number of nitrogens with one attached hydrogen (secondary N) is 1. The van der Waals surface area contributed by atoms with Gasteiger partial charge in [0.25, 0.3) is 0 Å². The van der Waals surface area contributed by atoms with Crippen LogP contribution in [0.3, 0.4) is 0 Å². The normalized spacial score (nSPS) is 10.2. The second-order valence-electron chi connectivity index (χ2n) is 4.94. The zero-order valence-corrected chi connectivity index (χ0v) is 12.6. The molecular weight excluding hydrogens is 262 g/mol. The Morgan fingerprint density at radius 1 is 1.05 bits per heavy atom. The number of methoxy groups -OCH3 is 1. The number of benzene rings is 2. The molecule has 3 nitrogen and oxygen atoms in total. The Labute approximate surface area is 126 Å². The number of carbonyl (C=O) groups is 1. The molecule has 0 saturated carbocycles. The summed E-state index contributed by atoms with van der Waals surface area (Å²) in [6, 6.07) is 15.9. The first-order chi connectivity index (χ1) is 10.2. The highest BCUT2D eigenvalue weighted by Crippen LogP contribution is 2.16. The van der Waals surface area contributed by atoms with Crippen molar-refractivity contribution < 1.29 is 9.53 Å². The average molecular weight is 283 g/mol. The summed E-state index contributed by atoms with van der Waals surface area (Å²) in [6.07, 6.45) is 1.42. The lowest BCUT2D eigenvalue weighted by Gasteiger charge is -2.09. The fraction of sp³-hybridized carbons (Fsp3) is 0.278. The van der Waals surface area contributed by atoms with Crippen LogP contribution in [0, 0.1) is 0 Å². The number of carbonyl (C=O) groups excluding carboxylic acids is 1. The summed E-state index contributed by atoms with van der Waals surface area (Å²) in [5.74, 6) is 0.815. The quantitative estimate of drug-likeness (QED) is 0.884. The molecular formula is C18H21NO2. The molecule has 21 heavy (non-hydrogen) atoms. The Bertz CT molecular complexity index is 590. The molecule has 1 amide bonds. The third kappa shape index (κ3) is 4.35. The van der Waals surface area contributed by atoms with Crippen molar-refractivity contribution in [2.75, 3.05) is 7.11 Å². The molecule has 0 unspecified atom stereocenters. The minimum atomic E-state index is 0.0187.